The number of aryl methyl sites for hydroxylation is 1. The van der Waals surface area contributed by atoms with Gasteiger partial charge in [-0.05, 0) is 31.0 Å². The molecule has 1 aromatic carbocycles. The molecular weight excluding hydrogens is 390 g/mol. The lowest BCUT2D eigenvalue weighted by atomic mass is 10.2. The van der Waals surface area contributed by atoms with Gasteiger partial charge in [-0.2, -0.15) is 10.2 Å². The van der Waals surface area contributed by atoms with Crippen LogP contribution in [0.5, 0.6) is 0 Å². The van der Waals surface area contributed by atoms with Gasteiger partial charge in [-0.3, -0.25) is 4.79 Å². The number of nitrogens with zero attached hydrogens (tertiary/aromatic N) is 4. The van der Waals surface area contributed by atoms with E-state index in [9.17, 15) is 10.1 Å². The van der Waals surface area contributed by atoms with Gasteiger partial charge in [0.25, 0.3) is 0 Å². The molecule has 154 valence electrons. The minimum absolute atomic E-state index is 0. The fourth-order valence-corrected chi connectivity index (χ4v) is 3.32. The molecule has 9 heteroatoms. The summed E-state index contributed by atoms with van der Waals surface area (Å²) < 4.78 is 0. The smallest absolute Gasteiger partial charge is 0.229 e. The second kappa shape index (κ2) is 9.94. The molecule has 0 aliphatic carbocycles. The highest BCUT2D eigenvalue weighted by Crippen LogP contribution is 2.24. The van der Waals surface area contributed by atoms with Crippen molar-refractivity contribution in [2.75, 3.05) is 29.0 Å². The first-order valence-electron chi connectivity index (χ1n) is 9.45. The zero-order chi connectivity index (χ0) is 20.1. The van der Waals surface area contributed by atoms with E-state index in [4.69, 9.17) is 5.73 Å². The molecule has 1 unspecified atom stereocenters. The maximum absolute atomic E-state index is 11.3. The van der Waals surface area contributed by atoms with Crippen molar-refractivity contribution in [3.8, 4) is 6.07 Å². The second-order valence-electron chi connectivity index (χ2n) is 6.96. The van der Waals surface area contributed by atoms with E-state index in [0.29, 0.717) is 22.9 Å². The number of anilines is 4. The van der Waals surface area contributed by atoms with Gasteiger partial charge >= 0.3 is 0 Å². The Morgan fingerprint density at radius 1 is 1.38 bits per heavy atom. The van der Waals surface area contributed by atoms with Crippen LogP contribution >= 0.6 is 12.4 Å². The maximum atomic E-state index is 11.3. The molecule has 0 bridgehead atoms. The van der Waals surface area contributed by atoms with E-state index in [-0.39, 0.29) is 24.4 Å². The number of nitrogens with two attached hydrogens (primary N) is 1. The highest BCUT2D eigenvalue weighted by molar-refractivity contribution is 5.85. The standard InChI is InChI=1S/C20H25N7O.ClH/c1-3-4-15-10-19(27-8-7-17(12-27)23-13(2)28)26-20(24-15)25-16-5-6-18(22)14(9-16)11-21;/h5-6,9-10,17H,3-4,7-8,12,22H2,1-2H3,(H,23,28)(H,24,25,26);1H. The van der Waals surface area contributed by atoms with E-state index in [2.05, 4.69) is 38.5 Å². The first-order valence-corrected chi connectivity index (χ1v) is 9.45. The van der Waals surface area contributed by atoms with E-state index in [1.165, 1.54) is 6.92 Å². The van der Waals surface area contributed by atoms with Gasteiger partial charge in [0.1, 0.15) is 11.9 Å². The molecule has 1 fully saturated rings. The van der Waals surface area contributed by atoms with Gasteiger partial charge in [0, 0.05) is 49.2 Å². The monoisotopic (exact) mass is 415 g/mol. The van der Waals surface area contributed by atoms with Crippen LogP contribution in [0.25, 0.3) is 0 Å². The molecule has 1 aromatic heterocycles. The molecule has 1 aliphatic rings. The first-order chi connectivity index (χ1) is 13.5. The predicted molar refractivity (Wildman–Crippen MR) is 117 cm³/mol. The van der Waals surface area contributed by atoms with Gasteiger partial charge in [-0.15, -0.1) is 12.4 Å². The van der Waals surface area contributed by atoms with E-state index >= 15 is 0 Å². The molecular formula is C20H26ClN7O. The third-order valence-corrected chi connectivity index (χ3v) is 4.62. The molecule has 8 nitrogen and oxygen atoms in total. The van der Waals surface area contributed by atoms with Crippen LogP contribution in [0, 0.1) is 11.3 Å². The molecule has 2 heterocycles. The summed E-state index contributed by atoms with van der Waals surface area (Å²) in [5.74, 6) is 1.31. The number of amides is 1. The Bertz CT molecular complexity index is 912. The van der Waals surface area contributed by atoms with E-state index < -0.39 is 0 Å². The lowest BCUT2D eigenvalue weighted by Gasteiger charge is -2.19. The molecule has 0 saturated carbocycles. The number of halogens is 1. The van der Waals surface area contributed by atoms with Gasteiger partial charge in [0.05, 0.1) is 5.56 Å². The molecule has 3 rings (SSSR count). The Labute approximate surface area is 176 Å². The maximum Gasteiger partial charge on any atom is 0.229 e. The molecule has 4 N–H and O–H groups in total. The molecule has 2 aromatic rings. The summed E-state index contributed by atoms with van der Waals surface area (Å²) in [6.45, 7) is 5.20. The van der Waals surface area contributed by atoms with Crippen molar-refractivity contribution in [1.29, 1.82) is 5.26 Å². The van der Waals surface area contributed by atoms with Crippen molar-refractivity contribution in [2.45, 2.75) is 39.2 Å². The quantitative estimate of drug-likeness (QED) is 0.620. The lowest BCUT2D eigenvalue weighted by Crippen LogP contribution is -2.35. The Hall–Kier alpha value is -3.05. The fraction of sp³-hybridized carbons (Fsp3) is 0.400. The Kier molecular flexibility index (Phi) is 7.62. The van der Waals surface area contributed by atoms with Crippen LogP contribution in [-0.2, 0) is 11.2 Å². The van der Waals surface area contributed by atoms with Crippen molar-refractivity contribution in [3.63, 3.8) is 0 Å². The predicted octanol–water partition coefficient (Wildman–Crippen LogP) is 2.76. The summed E-state index contributed by atoms with van der Waals surface area (Å²) in [6, 6.07) is 9.40. The number of nitriles is 1. The SMILES string of the molecule is CCCc1cc(N2CCC(NC(C)=O)C2)nc(Nc2ccc(N)c(C#N)c2)n1.Cl. The summed E-state index contributed by atoms with van der Waals surface area (Å²) in [5, 5.41) is 15.3. The molecule has 1 amide bonds. The molecule has 0 radical (unpaired) electrons. The van der Waals surface area contributed by atoms with Crippen LogP contribution in [0.1, 0.15) is 37.9 Å². The number of carbonyl (C=O) groups is 1. The minimum atomic E-state index is -0.0137. The number of aromatic nitrogens is 2. The minimum Gasteiger partial charge on any atom is -0.398 e. The van der Waals surface area contributed by atoms with Crippen LogP contribution in [0.3, 0.4) is 0 Å². The average Bonchev–Trinajstić information content (AvgIpc) is 3.11. The summed E-state index contributed by atoms with van der Waals surface area (Å²) in [4.78, 5) is 22.7. The number of nitrogens with one attached hydrogen (secondary N) is 2. The van der Waals surface area contributed by atoms with Gasteiger partial charge in [-0.25, -0.2) is 4.98 Å². The van der Waals surface area contributed by atoms with Gasteiger partial charge in [0.2, 0.25) is 11.9 Å². The summed E-state index contributed by atoms with van der Waals surface area (Å²) in [5.41, 5.74) is 8.31. The van der Waals surface area contributed by atoms with E-state index in [1.54, 1.807) is 18.2 Å². The zero-order valence-corrected chi connectivity index (χ0v) is 17.4. The molecule has 1 aliphatic heterocycles. The van der Waals surface area contributed by atoms with Crippen molar-refractivity contribution in [1.82, 2.24) is 15.3 Å². The van der Waals surface area contributed by atoms with Gasteiger partial charge in [0.15, 0.2) is 0 Å². The number of rotatable bonds is 6. The van der Waals surface area contributed by atoms with Crippen LogP contribution < -0.4 is 21.3 Å². The third-order valence-electron chi connectivity index (χ3n) is 4.62. The number of carbonyl (C=O) groups excluding carboxylic acids is 1. The summed E-state index contributed by atoms with van der Waals surface area (Å²) in [6.07, 6.45) is 2.71. The number of hydrogen-bond acceptors (Lipinski definition) is 7. The van der Waals surface area contributed by atoms with Gasteiger partial charge in [-0.1, -0.05) is 13.3 Å². The molecule has 1 atom stereocenters. The lowest BCUT2D eigenvalue weighted by molar-refractivity contribution is -0.119. The molecule has 1 saturated heterocycles. The first kappa shape index (κ1) is 22.2. The number of nitrogen functional groups attached to an aromatic ring is 1. The topological polar surface area (TPSA) is 120 Å². The van der Waals surface area contributed by atoms with E-state index in [0.717, 1.165) is 43.9 Å². The highest BCUT2D eigenvalue weighted by atomic mass is 35.5. The van der Waals surface area contributed by atoms with Gasteiger partial charge < -0.3 is 21.3 Å². The molecule has 29 heavy (non-hydrogen) atoms. The van der Waals surface area contributed by atoms with Crippen LogP contribution in [0.4, 0.5) is 23.1 Å². The summed E-state index contributed by atoms with van der Waals surface area (Å²) in [7, 11) is 0. The number of benzene rings is 1. The summed E-state index contributed by atoms with van der Waals surface area (Å²) >= 11 is 0. The largest absolute Gasteiger partial charge is 0.398 e. The second-order valence-corrected chi connectivity index (χ2v) is 6.96. The number of hydrogen-bond donors (Lipinski definition) is 3. The highest BCUT2D eigenvalue weighted by Gasteiger charge is 2.24. The molecule has 0 spiro atoms. The average molecular weight is 416 g/mol. The van der Waals surface area contributed by atoms with Crippen molar-refractivity contribution in [3.05, 3.63) is 35.5 Å². The Balaban J connectivity index is 0.00000300. The zero-order valence-electron chi connectivity index (χ0n) is 16.6. The Morgan fingerprint density at radius 3 is 2.86 bits per heavy atom. The van der Waals surface area contributed by atoms with Crippen molar-refractivity contribution in [2.24, 2.45) is 0 Å². The van der Waals surface area contributed by atoms with Crippen LogP contribution in [0.15, 0.2) is 24.3 Å². The fourth-order valence-electron chi connectivity index (χ4n) is 3.32. The normalized spacial score (nSPS) is 15.3. The van der Waals surface area contributed by atoms with Crippen LogP contribution in [0.2, 0.25) is 0 Å². The van der Waals surface area contributed by atoms with Crippen molar-refractivity contribution >= 4 is 41.5 Å². The third kappa shape index (κ3) is 5.72. The Morgan fingerprint density at radius 2 is 2.17 bits per heavy atom. The van der Waals surface area contributed by atoms with Crippen LogP contribution in [-0.4, -0.2) is 35.0 Å². The van der Waals surface area contributed by atoms with E-state index in [1.807, 2.05) is 6.07 Å². The van der Waals surface area contributed by atoms with Crippen molar-refractivity contribution < 1.29 is 4.79 Å².